The Hall–Kier alpha value is -2.30. The second-order valence-corrected chi connectivity index (χ2v) is 6.54. The van der Waals surface area contributed by atoms with Gasteiger partial charge in [-0.1, -0.05) is 6.07 Å². The molecular weight excluding hydrogens is 288 g/mol. The lowest BCUT2D eigenvalue weighted by Crippen LogP contribution is -2.47. The normalized spacial score (nSPS) is 20.7. The molecule has 2 aromatic rings. The number of aryl methyl sites for hydroxylation is 3. The van der Waals surface area contributed by atoms with Crippen molar-refractivity contribution in [1.82, 2.24) is 9.78 Å². The lowest BCUT2D eigenvalue weighted by Gasteiger charge is -2.32. The number of aromatic nitrogens is 2. The largest absolute Gasteiger partial charge is 0.374 e. The third-order valence-electron chi connectivity index (χ3n) is 4.88. The van der Waals surface area contributed by atoms with Gasteiger partial charge in [0.1, 0.15) is 6.04 Å². The molecule has 0 unspecified atom stereocenters. The van der Waals surface area contributed by atoms with Crippen LogP contribution < -0.4 is 10.2 Å². The summed E-state index contributed by atoms with van der Waals surface area (Å²) in [6.07, 6.45) is 9.13. The molecule has 5 heteroatoms. The van der Waals surface area contributed by atoms with Crippen molar-refractivity contribution < 1.29 is 4.79 Å². The number of piperidine rings is 1. The van der Waals surface area contributed by atoms with Crippen molar-refractivity contribution >= 4 is 17.3 Å². The molecule has 1 aromatic carbocycles. The van der Waals surface area contributed by atoms with Crippen molar-refractivity contribution in [3.8, 4) is 0 Å². The van der Waals surface area contributed by atoms with Gasteiger partial charge in [-0.05, 0) is 55.4 Å². The van der Waals surface area contributed by atoms with Crippen LogP contribution >= 0.6 is 0 Å². The second-order valence-electron chi connectivity index (χ2n) is 6.54. The molecule has 1 aliphatic carbocycles. The monoisotopic (exact) mass is 310 g/mol. The molecule has 0 radical (unpaired) electrons. The first-order chi connectivity index (χ1) is 11.2. The maximum atomic E-state index is 12.8. The molecule has 1 aliphatic heterocycles. The van der Waals surface area contributed by atoms with Crippen molar-refractivity contribution in [3.05, 3.63) is 41.7 Å². The summed E-state index contributed by atoms with van der Waals surface area (Å²) in [6, 6.07) is 6.39. The second kappa shape index (κ2) is 5.72. The van der Waals surface area contributed by atoms with Gasteiger partial charge < -0.3 is 10.2 Å². The average molecular weight is 310 g/mol. The summed E-state index contributed by atoms with van der Waals surface area (Å²) in [6.45, 7) is 0.771. The van der Waals surface area contributed by atoms with E-state index in [2.05, 4.69) is 28.6 Å². The van der Waals surface area contributed by atoms with E-state index in [1.165, 1.54) is 24.0 Å². The van der Waals surface area contributed by atoms with Crippen LogP contribution in [0.15, 0.2) is 30.6 Å². The fraction of sp³-hybridized carbons (Fsp3) is 0.444. The Bertz CT molecular complexity index is 736. The Morgan fingerprint density at radius 2 is 2.09 bits per heavy atom. The van der Waals surface area contributed by atoms with E-state index < -0.39 is 0 Å². The van der Waals surface area contributed by atoms with Crippen LogP contribution in [0.5, 0.6) is 0 Å². The van der Waals surface area contributed by atoms with Crippen LogP contribution in [0.2, 0.25) is 0 Å². The van der Waals surface area contributed by atoms with E-state index in [-0.39, 0.29) is 11.9 Å². The Morgan fingerprint density at radius 1 is 1.22 bits per heavy atom. The van der Waals surface area contributed by atoms with E-state index >= 15 is 0 Å². The highest BCUT2D eigenvalue weighted by Gasteiger charge is 2.30. The standard InChI is InChI=1S/C18H22N4O/c1-21-12-16(11-19-21)22-9-3-6-17(18(22)23)20-15-8-7-13-4-2-5-14(13)10-15/h7-8,10-12,17,20H,2-6,9H2,1H3/t17-/m1/s1. The number of fused-ring (bicyclic) bond motifs is 1. The van der Waals surface area contributed by atoms with E-state index in [1.807, 2.05) is 18.1 Å². The van der Waals surface area contributed by atoms with Gasteiger partial charge in [-0.3, -0.25) is 9.48 Å². The lowest BCUT2D eigenvalue weighted by atomic mass is 10.0. The minimum atomic E-state index is -0.150. The van der Waals surface area contributed by atoms with Crippen molar-refractivity contribution in [3.63, 3.8) is 0 Å². The summed E-state index contributed by atoms with van der Waals surface area (Å²) in [7, 11) is 1.87. The summed E-state index contributed by atoms with van der Waals surface area (Å²) >= 11 is 0. The van der Waals surface area contributed by atoms with Gasteiger partial charge in [0.05, 0.1) is 11.9 Å². The van der Waals surface area contributed by atoms with E-state index in [4.69, 9.17) is 0 Å². The fourth-order valence-electron chi connectivity index (χ4n) is 3.68. The third kappa shape index (κ3) is 2.71. The van der Waals surface area contributed by atoms with Crippen molar-refractivity contribution in [1.29, 1.82) is 0 Å². The number of benzene rings is 1. The molecule has 0 bridgehead atoms. The van der Waals surface area contributed by atoms with Crippen LogP contribution in [0.1, 0.15) is 30.4 Å². The molecule has 0 saturated carbocycles. The van der Waals surface area contributed by atoms with Crippen LogP contribution in [0.25, 0.3) is 0 Å². The highest BCUT2D eigenvalue weighted by Crippen LogP contribution is 2.27. The molecule has 23 heavy (non-hydrogen) atoms. The zero-order valence-corrected chi connectivity index (χ0v) is 13.5. The highest BCUT2D eigenvalue weighted by molar-refractivity contribution is 5.99. The molecule has 0 spiro atoms. The topological polar surface area (TPSA) is 50.2 Å². The van der Waals surface area contributed by atoms with E-state index in [9.17, 15) is 4.79 Å². The molecule has 2 heterocycles. The van der Waals surface area contributed by atoms with Gasteiger partial charge in [-0.2, -0.15) is 5.10 Å². The Labute approximate surface area is 136 Å². The minimum Gasteiger partial charge on any atom is -0.374 e. The summed E-state index contributed by atoms with van der Waals surface area (Å²) in [5.74, 6) is 0.143. The Kier molecular flexibility index (Phi) is 3.56. The molecule has 1 fully saturated rings. The molecule has 4 rings (SSSR count). The van der Waals surface area contributed by atoms with E-state index in [1.54, 1.807) is 10.9 Å². The molecule has 1 amide bonds. The average Bonchev–Trinajstić information content (AvgIpc) is 3.17. The van der Waals surface area contributed by atoms with Crippen LogP contribution in [0.4, 0.5) is 11.4 Å². The number of nitrogens with zero attached hydrogens (tertiary/aromatic N) is 3. The highest BCUT2D eigenvalue weighted by atomic mass is 16.2. The maximum Gasteiger partial charge on any atom is 0.249 e. The van der Waals surface area contributed by atoms with Crippen LogP contribution in [-0.2, 0) is 24.7 Å². The number of hydrogen-bond donors (Lipinski definition) is 1. The Morgan fingerprint density at radius 3 is 2.91 bits per heavy atom. The van der Waals surface area contributed by atoms with Gasteiger partial charge in [-0.25, -0.2) is 0 Å². The number of carbonyl (C=O) groups is 1. The first-order valence-corrected chi connectivity index (χ1v) is 8.39. The molecule has 2 aliphatic rings. The molecule has 1 atom stereocenters. The Balaban J connectivity index is 1.51. The van der Waals surface area contributed by atoms with Crippen LogP contribution in [-0.4, -0.2) is 28.3 Å². The molecule has 120 valence electrons. The lowest BCUT2D eigenvalue weighted by molar-refractivity contribution is -0.120. The predicted molar refractivity (Wildman–Crippen MR) is 90.7 cm³/mol. The number of hydrogen-bond acceptors (Lipinski definition) is 3. The summed E-state index contributed by atoms with van der Waals surface area (Å²) in [4.78, 5) is 14.6. The first-order valence-electron chi connectivity index (χ1n) is 8.39. The van der Waals surface area contributed by atoms with E-state index in [0.717, 1.165) is 37.2 Å². The smallest absolute Gasteiger partial charge is 0.249 e. The molecule has 1 aromatic heterocycles. The van der Waals surface area contributed by atoms with Crippen molar-refractivity contribution in [2.24, 2.45) is 7.05 Å². The first kappa shape index (κ1) is 14.3. The van der Waals surface area contributed by atoms with Gasteiger partial charge in [0.25, 0.3) is 0 Å². The quantitative estimate of drug-likeness (QED) is 0.948. The molecule has 5 nitrogen and oxygen atoms in total. The van der Waals surface area contributed by atoms with Crippen LogP contribution in [0.3, 0.4) is 0 Å². The van der Waals surface area contributed by atoms with Crippen molar-refractivity contribution in [2.45, 2.75) is 38.1 Å². The zero-order valence-electron chi connectivity index (χ0n) is 13.5. The predicted octanol–water partition coefficient (Wildman–Crippen LogP) is 2.52. The summed E-state index contributed by atoms with van der Waals surface area (Å²) in [5.41, 5.74) is 4.85. The van der Waals surface area contributed by atoms with Crippen molar-refractivity contribution in [2.75, 3.05) is 16.8 Å². The number of amides is 1. The summed E-state index contributed by atoms with van der Waals surface area (Å²) < 4.78 is 1.74. The SMILES string of the molecule is Cn1cc(N2CCC[C@@H](Nc3ccc4c(c3)CCC4)C2=O)cn1. The van der Waals surface area contributed by atoms with Gasteiger partial charge in [-0.15, -0.1) is 0 Å². The third-order valence-corrected chi connectivity index (χ3v) is 4.88. The number of carbonyl (C=O) groups excluding carboxylic acids is 1. The number of nitrogens with one attached hydrogen (secondary N) is 1. The zero-order chi connectivity index (χ0) is 15.8. The van der Waals surface area contributed by atoms with Gasteiger partial charge in [0.2, 0.25) is 5.91 Å². The molecule has 1 N–H and O–H groups in total. The molecular formula is C18H22N4O. The fourth-order valence-corrected chi connectivity index (χ4v) is 3.68. The number of rotatable bonds is 3. The summed E-state index contributed by atoms with van der Waals surface area (Å²) in [5, 5.41) is 7.63. The maximum absolute atomic E-state index is 12.8. The van der Waals surface area contributed by atoms with Gasteiger partial charge in [0, 0.05) is 25.5 Å². The number of anilines is 2. The van der Waals surface area contributed by atoms with Gasteiger partial charge in [0.15, 0.2) is 0 Å². The van der Waals surface area contributed by atoms with Gasteiger partial charge >= 0.3 is 0 Å². The van der Waals surface area contributed by atoms with Crippen LogP contribution in [0, 0.1) is 0 Å². The minimum absolute atomic E-state index is 0.143. The molecule has 1 saturated heterocycles. The van der Waals surface area contributed by atoms with E-state index in [0.29, 0.717) is 0 Å².